The summed E-state index contributed by atoms with van der Waals surface area (Å²) in [5, 5.41) is 3.36. The van der Waals surface area contributed by atoms with Gasteiger partial charge in [0.05, 0.1) is 6.54 Å². The van der Waals surface area contributed by atoms with E-state index in [9.17, 15) is 4.79 Å². The van der Waals surface area contributed by atoms with Crippen LogP contribution in [0.25, 0.3) is 0 Å². The molecule has 2 aromatic rings. The van der Waals surface area contributed by atoms with Crippen molar-refractivity contribution in [2.24, 2.45) is 0 Å². The van der Waals surface area contributed by atoms with E-state index in [1.165, 1.54) is 11.1 Å². The molecule has 0 atom stereocenters. The van der Waals surface area contributed by atoms with Gasteiger partial charge in [-0.1, -0.05) is 69.3 Å². The smallest absolute Gasteiger partial charge is 0.241 e. The molecule has 27 heavy (non-hydrogen) atoms. The Morgan fingerprint density at radius 2 is 1.56 bits per heavy atom. The molecule has 4 heteroatoms. The van der Waals surface area contributed by atoms with Gasteiger partial charge < -0.3 is 10.2 Å². The van der Waals surface area contributed by atoms with E-state index in [-0.39, 0.29) is 11.3 Å². The highest BCUT2D eigenvalue weighted by Gasteiger charge is 2.22. The number of nitrogens with one attached hydrogen (secondary N) is 1. The second kappa shape index (κ2) is 8.57. The average molecular weight is 366 g/mol. The third kappa shape index (κ3) is 5.33. The summed E-state index contributed by atoms with van der Waals surface area (Å²) in [6.07, 6.45) is 0. The molecule has 1 amide bonds. The summed E-state index contributed by atoms with van der Waals surface area (Å²) >= 11 is 0. The molecule has 0 bridgehead atoms. The van der Waals surface area contributed by atoms with Crippen molar-refractivity contribution < 1.29 is 4.79 Å². The number of benzene rings is 2. The van der Waals surface area contributed by atoms with Crippen molar-refractivity contribution in [3.8, 4) is 0 Å². The van der Waals surface area contributed by atoms with E-state index in [2.05, 4.69) is 73.5 Å². The first-order chi connectivity index (χ1) is 12.9. The van der Waals surface area contributed by atoms with Crippen LogP contribution in [0.5, 0.6) is 0 Å². The molecule has 0 unspecified atom stereocenters. The number of carbonyl (C=O) groups excluding carboxylic acids is 1. The first kappa shape index (κ1) is 19.4. The molecule has 1 saturated heterocycles. The summed E-state index contributed by atoms with van der Waals surface area (Å²) in [5.41, 5.74) is 3.68. The summed E-state index contributed by atoms with van der Waals surface area (Å²) < 4.78 is 0. The molecule has 1 aliphatic rings. The lowest BCUT2D eigenvalue weighted by molar-refractivity contribution is -0.131. The number of para-hydroxylation sites is 1. The maximum absolute atomic E-state index is 12.6. The van der Waals surface area contributed by atoms with Gasteiger partial charge >= 0.3 is 0 Å². The minimum atomic E-state index is 0.0513. The van der Waals surface area contributed by atoms with Crippen LogP contribution in [0.2, 0.25) is 0 Å². The highest BCUT2D eigenvalue weighted by molar-refractivity contribution is 5.81. The second-order valence-corrected chi connectivity index (χ2v) is 8.29. The van der Waals surface area contributed by atoms with Gasteiger partial charge in [0.2, 0.25) is 5.91 Å². The monoisotopic (exact) mass is 365 g/mol. The quantitative estimate of drug-likeness (QED) is 0.877. The van der Waals surface area contributed by atoms with Crippen LogP contribution >= 0.6 is 0 Å². The minimum absolute atomic E-state index is 0.0513. The van der Waals surface area contributed by atoms with Gasteiger partial charge in [-0.05, 0) is 22.6 Å². The highest BCUT2D eigenvalue weighted by Crippen LogP contribution is 2.29. The highest BCUT2D eigenvalue weighted by atomic mass is 16.2. The van der Waals surface area contributed by atoms with Crippen molar-refractivity contribution in [2.45, 2.75) is 32.7 Å². The summed E-state index contributed by atoms with van der Waals surface area (Å²) in [5.74, 6) is 0.179. The van der Waals surface area contributed by atoms with Gasteiger partial charge in [0.15, 0.2) is 0 Å². The first-order valence-corrected chi connectivity index (χ1v) is 9.81. The molecule has 0 aliphatic carbocycles. The largest absolute Gasteiger partial charge is 0.376 e. The van der Waals surface area contributed by atoms with Crippen LogP contribution in [0.1, 0.15) is 31.9 Å². The molecule has 144 valence electrons. The van der Waals surface area contributed by atoms with Crippen LogP contribution < -0.4 is 5.32 Å². The van der Waals surface area contributed by atoms with Crippen molar-refractivity contribution in [1.82, 2.24) is 9.80 Å². The molecule has 1 fully saturated rings. The molecule has 1 heterocycles. The zero-order valence-electron chi connectivity index (χ0n) is 16.7. The molecule has 1 aliphatic heterocycles. The number of rotatable bonds is 5. The van der Waals surface area contributed by atoms with Crippen LogP contribution in [0.4, 0.5) is 5.69 Å². The molecule has 0 saturated carbocycles. The Hall–Kier alpha value is -2.33. The van der Waals surface area contributed by atoms with Crippen LogP contribution in [-0.2, 0) is 16.8 Å². The van der Waals surface area contributed by atoms with Crippen molar-refractivity contribution in [3.63, 3.8) is 0 Å². The van der Waals surface area contributed by atoms with Gasteiger partial charge in [0.25, 0.3) is 0 Å². The normalized spacial score (nSPS) is 15.6. The Morgan fingerprint density at radius 1 is 0.926 bits per heavy atom. The lowest BCUT2D eigenvalue weighted by Crippen LogP contribution is -2.49. The molecular formula is C23H31N3O. The topological polar surface area (TPSA) is 35.6 Å². The number of nitrogens with zero attached hydrogens (tertiary/aromatic N) is 2. The van der Waals surface area contributed by atoms with Crippen molar-refractivity contribution >= 4 is 11.6 Å². The van der Waals surface area contributed by atoms with E-state index in [1.54, 1.807) is 0 Å². The maximum atomic E-state index is 12.6. The van der Waals surface area contributed by atoms with Gasteiger partial charge in [-0.15, -0.1) is 0 Å². The Kier molecular flexibility index (Phi) is 6.17. The third-order valence-corrected chi connectivity index (χ3v) is 5.14. The second-order valence-electron chi connectivity index (χ2n) is 8.29. The van der Waals surface area contributed by atoms with Crippen LogP contribution in [0.15, 0.2) is 54.6 Å². The lowest BCUT2D eigenvalue weighted by Gasteiger charge is -2.35. The molecule has 4 nitrogen and oxygen atoms in total. The Balaban J connectivity index is 1.49. The van der Waals surface area contributed by atoms with E-state index in [0.717, 1.165) is 38.4 Å². The van der Waals surface area contributed by atoms with E-state index in [0.29, 0.717) is 6.54 Å². The van der Waals surface area contributed by atoms with Crippen LogP contribution in [-0.4, -0.2) is 48.4 Å². The van der Waals surface area contributed by atoms with E-state index < -0.39 is 0 Å². The number of carbonyl (C=O) groups is 1. The molecule has 0 aromatic heterocycles. The molecule has 1 N–H and O–H groups in total. The number of hydrogen-bond donors (Lipinski definition) is 1. The summed E-state index contributed by atoms with van der Waals surface area (Å²) in [6, 6.07) is 18.8. The fraction of sp³-hybridized carbons (Fsp3) is 0.435. The van der Waals surface area contributed by atoms with E-state index in [4.69, 9.17) is 0 Å². The van der Waals surface area contributed by atoms with Gasteiger partial charge in [-0.25, -0.2) is 0 Å². The Labute approximate surface area is 163 Å². The van der Waals surface area contributed by atoms with Crippen molar-refractivity contribution in [2.75, 3.05) is 38.0 Å². The fourth-order valence-corrected chi connectivity index (χ4v) is 3.57. The average Bonchev–Trinajstić information content (AvgIpc) is 2.67. The Bertz CT molecular complexity index is 744. The molecular weight excluding hydrogens is 334 g/mol. The predicted molar refractivity (Wildman–Crippen MR) is 112 cm³/mol. The number of anilines is 1. The number of amides is 1. The summed E-state index contributed by atoms with van der Waals surface area (Å²) in [6.45, 7) is 11.4. The third-order valence-electron chi connectivity index (χ3n) is 5.14. The predicted octanol–water partition coefficient (Wildman–Crippen LogP) is 3.74. The molecule has 2 aromatic carbocycles. The number of piperazine rings is 1. The van der Waals surface area contributed by atoms with Gasteiger partial charge in [0, 0.05) is 38.4 Å². The van der Waals surface area contributed by atoms with Crippen molar-refractivity contribution in [3.05, 3.63) is 65.7 Å². The fourth-order valence-electron chi connectivity index (χ4n) is 3.57. The summed E-state index contributed by atoms with van der Waals surface area (Å²) in [7, 11) is 0. The zero-order chi connectivity index (χ0) is 19.3. The SMILES string of the molecule is CC(C)(C)c1ccccc1NCC(=O)N1CCN(Cc2ccccc2)CC1. The van der Waals surface area contributed by atoms with Gasteiger partial charge in [-0.2, -0.15) is 0 Å². The zero-order valence-corrected chi connectivity index (χ0v) is 16.7. The standard InChI is InChI=1S/C23H31N3O/c1-23(2,3)20-11-7-8-12-21(20)24-17-22(27)26-15-13-25(14-16-26)18-19-9-5-4-6-10-19/h4-12,24H,13-18H2,1-3H3. The van der Waals surface area contributed by atoms with E-state index in [1.807, 2.05) is 17.0 Å². The van der Waals surface area contributed by atoms with Crippen LogP contribution in [0, 0.1) is 0 Å². The molecule has 3 rings (SSSR count). The van der Waals surface area contributed by atoms with Crippen molar-refractivity contribution in [1.29, 1.82) is 0 Å². The van der Waals surface area contributed by atoms with Gasteiger partial charge in [-0.3, -0.25) is 9.69 Å². The van der Waals surface area contributed by atoms with Crippen LogP contribution in [0.3, 0.4) is 0 Å². The van der Waals surface area contributed by atoms with E-state index >= 15 is 0 Å². The minimum Gasteiger partial charge on any atom is -0.376 e. The van der Waals surface area contributed by atoms with Gasteiger partial charge in [0.1, 0.15) is 0 Å². The maximum Gasteiger partial charge on any atom is 0.241 e. The Morgan fingerprint density at radius 3 is 2.22 bits per heavy atom. The molecule has 0 spiro atoms. The first-order valence-electron chi connectivity index (χ1n) is 9.81. The lowest BCUT2D eigenvalue weighted by atomic mass is 9.86. The number of hydrogen-bond acceptors (Lipinski definition) is 3. The molecule has 0 radical (unpaired) electrons. The summed E-state index contributed by atoms with van der Waals surface area (Å²) in [4.78, 5) is 17.0.